The summed E-state index contributed by atoms with van der Waals surface area (Å²) in [5, 5.41) is 3.71. The van der Waals surface area contributed by atoms with Crippen LogP contribution in [0.4, 0.5) is 28.4 Å². The highest BCUT2D eigenvalue weighted by molar-refractivity contribution is 5.84. The van der Waals surface area contributed by atoms with Crippen molar-refractivity contribution in [2.75, 3.05) is 10.2 Å². The Morgan fingerprint density at radius 1 is 0.633 bits per heavy atom. The summed E-state index contributed by atoms with van der Waals surface area (Å²) in [7, 11) is 0. The summed E-state index contributed by atoms with van der Waals surface area (Å²) < 4.78 is 0. The van der Waals surface area contributed by atoms with Crippen LogP contribution in [-0.2, 0) is 25.7 Å². The fourth-order valence-electron chi connectivity index (χ4n) is 4.81. The lowest BCUT2D eigenvalue weighted by atomic mass is 10.0. The number of nitrogens with one attached hydrogen (secondary N) is 1. The van der Waals surface area contributed by atoms with E-state index >= 15 is 0 Å². The Balaban J connectivity index is 1.51. The second-order valence-corrected chi connectivity index (χ2v) is 8.14. The molecule has 0 atom stereocenters. The Bertz CT molecular complexity index is 1190. The largest absolute Gasteiger partial charge is 0.355 e. The maximum Gasteiger partial charge on any atom is 0.0494 e. The van der Waals surface area contributed by atoms with Gasteiger partial charge in [0.1, 0.15) is 0 Å². The summed E-state index contributed by atoms with van der Waals surface area (Å²) >= 11 is 0. The SMILES string of the molecule is [c]1ccc2c(c1)CCc1ccccc1N2c1ccc2c(c1)Nc1ccccc1CC2. The summed E-state index contributed by atoms with van der Waals surface area (Å²) in [6, 6.07) is 34.0. The molecule has 2 heteroatoms. The predicted octanol–water partition coefficient (Wildman–Crippen LogP) is 6.90. The van der Waals surface area contributed by atoms with Gasteiger partial charge in [-0.05, 0) is 90.4 Å². The Morgan fingerprint density at radius 2 is 1.33 bits per heavy atom. The van der Waals surface area contributed by atoms with Gasteiger partial charge in [-0.2, -0.15) is 0 Å². The molecule has 0 fully saturated rings. The van der Waals surface area contributed by atoms with E-state index in [1.54, 1.807) is 0 Å². The molecule has 0 bridgehead atoms. The van der Waals surface area contributed by atoms with E-state index in [2.05, 4.69) is 95.1 Å². The molecule has 4 aromatic rings. The van der Waals surface area contributed by atoms with Gasteiger partial charge in [0.15, 0.2) is 0 Å². The number of hydrogen-bond donors (Lipinski definition) is 1. The summed E-state index contributed by atoms with van der Waals surface area (Å²) in [6.07, 6.45) is 4.22. The number of para-hydroxylation sites is 2. The molecule has 4 aromatic carbocycles. The van der Waals surface area contributed by atoms with E-state index < -0.39 is 0 Å². The number of fused-ring (bicyclic) bond motifs is 4. The Labute approximate surface area is 177 Å². The van der Waals surface area contributed by atoms with Gasteiger partial charge in [0.05, 0.1) is 0 Å². The third-order valence-corrected chi connectivity index (χ3v) is 6.36. The second kappa shape index (κ2) is 7.07. The van der Waals surface area contributed by atoms with Crippen molar-refractivity contribution in [3.05, 3.63) is 113 Å². The van der Waals surface area contributed by atoms with Gasteiger partial charge in [-0.25, -0.2) is 0 Å². The normalized spacial score (nSPS) is 14.3. The fourth-order valence-corrected chi connectivity index (χ4v) is 4.81. The molecule has 30 heavy (non-hydrogen) atoms. The number of aryl methyl sites for hydroxylation is 4. The van der Waals surface area contributed by atoms with Crippen LogP contribution < -0.4 is 10.2 Å². The number of anilines is 5. The molecule has 6 rings (SSSR count). The van der Waals surface area contributed by atoms with Gasteiger partial charge >= 0.3 is 0 Å². The van der Waals surface area contributed by atoms with E-state index in [-0.39, 0.29) is 0 Å². The second-order valence-electron chi connectivity index (χ2n) is 8.14. The average molecular weight is 388 g/mol. The van der Waals surface area contributed by atoms with Crippen molar-refractivity contribution in [2.45, 2.75) is 25.7 Å². The lowest BCUT2D eigenvalue weighted by Gasteiger charge is -2.28. The van der Waals surface area contributed by atoms with Gasteiger partial charge in [0.25, 0.3) is 0 Å². The molecule has 2 nitrogen and oxygen atoms in total. The summed E-state index contributed by atoms with van der Waals surface area (Å²) in [6.45, 7) is 0. The molecule has 1 N–H and O–H groups in total. The first-order chi connectivity index (χ1) is 14.9. The minimum absolute atomic E-state index is 1.04. The highest BCUT2D eigenvalue weighted by Crippen LogP contribution is 2.43. The number of rotatable bonds is 1. The molecule has 145 valence electrons. The zero-order valence-electron chi connectivity index (χ0n) is 16.9. The standard InChI is InChI=1S/C28H23N2/c1-4-10-25-20(7-1)13-14-21-17-18-24(19-26(21)29-25)30-27-11-5-2-8-22(27)15-16-23-9-3-6-12-28(23)30/h1-2,4-12,17-19,29H,13-16H2. The minimum atomic E-state index is 1.04. The van der Waals surface area contributed by atoms with Crippen LogP contribution in [0.1, 0.15) is 22.3 Å². The van der Waals surface area contributed by atoms with Crippen LogP contribution in [0.3, 0.4) is 0 Å². The van der Waals surface area contributed by atoms with E-state index in [1.165, 1.54) is 50.7 Å². The molecule has 2 aliphatic rings. The monoisotopic (exact) mass is 387 g/mol. The van der Waals surface area contributed by atoms with E-state index in [9.17, 15) is 0 Å². The number of benzene rings is 4. The van der Waals surface area contributed by atoms with Gasteiger partial charge in [0.2, 0.25) is 0 Å². The van der Waals surface area contributed by atoms with Crippen molar-refractivity contribution < 1.29 is 0 Å². The van der Waals surface area contributed by atoms with Crippen molar-refractivity contribution in [3.63, 3.8) is 0 Å². The van der Waals surface area contributed by atoms with Crippen molar-refractivity contribution in [3.8, 4) is 0 Å². The molecule has 0 saturated heterocycles. The van der Waals surface area contributed by atoms with E-state index in [0.717, 1.165) is 25.7 Å². The predicted molar refractivity (Wildman–Crippen MR) is 125 cm³/mol. The first-order valence-corrected chi connectivity index (χ1v) is 10.7. The Morgan fingerprint density at radius 3 is 2.27 bits per heavy atom. The lowest BCUT2D eigenvalue weighted by molar-refractivity contribution is 0.977. The Hall–Kier alpha value is -3.52. The van der Waals surface area contributed by atoms with Crippen LogP contribution in [0, 0.1) is 6.07 Å². The molecule has 0 aliphatic carbocycles. The van der Waals surface area contributed by atoms with Gasteiger partial charge in [-0.1, -0.05) is 48.5 Å². The van der Waals surface area contributed by atoms with Crippen molar-refractivity contribution in [1.29, 1.82) is 0 Å². The topological polar surface area (TPSA) is 15.3 Å². The summed E-state index contributed by atoms with van der Waals surface area (Å²) in [5.74, 6) is 0. The van der Waals surface area contributed by atoms with Crippen LogP contribution in [0.5, 0.6) is 0 Å². The highest BCUT2D eigenvalue weighted by Gasteiger charge is 2.23. The maximum atomic E-state index is 3.71. The van der Waals surface area contributed by atoms with Gasteiger partial charge in [0, 0.05) is 28.4 Å². The van der Waals surface area contributed by atoms with Crippen LogP contribution in [0.15, 0.2) is 84.9 Å². The lowest BCUT2D eigenvalue weighted by Crippen LogP contribution is -2.12. The first-order valence-electron chi connectivity index (χ1n) is 10.7. The average Bonchev–Trinajstić information content (AvgIpc) is 3.08. The smallest absolute Gasteiger partial charge is 0.0494 e. The van der Waals surface area contributed by atoms with Crippen LogP contribution in [0.2, 0.25) is 0 Å². The molecule has 2 heterocycles. The molecule has 2 aliphatic heterocycles. The molecular weight excluding hydrogens is 364 g/mol. The molecule has 0 saturated carbocycles. The van der Waals surface area contributed by atoms with Crippen LogP contribution in [0.25, 0.3) is 0 Å². The fraction of sp³-hybridized carbons (Fsp3) is 0.143. The first kappa shape index (κ1) is 17.3. The molecule has 0 amide bonds. The number of nitrogens with zero attached hydrogens (tertiary/aromatic N) is 1. The van der Waals surface area contributed by atoms with Gasteiger partial charge < -0.3 is 10.2 Å². The van der Waals surface area contributed by atoms with E-state index in [1.807, 2.05) is 6.07 Å². The zero-order valence-corrected chi connectivity index (χ0v) is 16.9. The number of hydrogen-bond acceptors (Lipinski definition) is 2. The van der Waals surface area contributed by atoms with Crippen molar-refractivity contribution in [2.24, 2.45) is 0 Å². The Kier molecular flexibility index (Phi) is 4.09. The van der Waals surface area contributed by atoms with Crippen LogP contribution in [-0.4, -0.2) is 0 Å². The zero-order chi connectivity index (χ0) is 19.9. The molecular formula is C28H23N2. The molecule has 0 unspecified atom stereocenters. The molecule has 1 radical (unpaired) electrons. The van der Waals surface area contributed by atoms with E-state index in [4.69, 9.17) is 0 Å². The van der Waals surface area contributed by atoms with E-state index in [0.29, 0.717) is 0 Å². The summed E-state index contributed by atoms with van der Waals surface area (Å²) in [5.41, 5.74) is 11.7. The van der Waals surface area contributed by atoms with Crippen molar-refractivity contribution in [1.82, 2.24) is 0 Å². The van der Waals surface area contributed by atoms with Crippen LogP contribution >= 0.6 is 0 Å². The van der Waals surface area contributed by atoms with Crippen molar-refractivity contribution >= 4 is 28.4 Å². The molecule has 0 spiro atoms. The van der Waals surface area contributed by atoms with Gasteiger partial charge in [-0.3, -0.25) is 0 Å². The third kappa shape index (κ3) is 2.88. The minimum Gasteiger partial charge on any atom is -0.355 e. The van der Waals surface area contributed by atoms with Gasteiger partial charge in [-0.15, -0.1) is 0 Å². The molecule has 0 aromatic heterocycles. The third-order valence-electron chi connectivity index (χ3n) is 6.36. The maximum absolute atomic E-state index is 3.71. The highest BCUT2D eigenvalue weighted by atomic mass is 15.2. The quantitative estimate of drug-likeness (QED) is 0.382. The summed E-state index contributed by atoms with van der Waals surface area (Å²) in [4.78, 5) is 2.42.